The molecule has 0 bridgehead atoms. The number of nitrogens with zero attached hydrogens (tertiary/aromatic N) is 1. The maximum absolute atomic E-state index is 11.7. The van der Waals surface area contributed by atoms with Crippen molar-refractivity contribution in [3.8, 4) is 0 Å². The van der Waals surface area contributed by atoms with Gasteiger partial charge in [-0.25, -0.2) is 9.78 Å². The third-order valence-corrected chi connectivity index (χ3v) is 2.92. The molecule has 0 fully saturated rings. The van der Waals surface area contributed by atoms with Crippen LogP contribution in [0.1, 0.15) is 15.9 Å². The van der Waals surface area contributed by atoms with Gasteiger partial charge in [-0.3, -0.25) is 4.79 Å². The number of aromatic carboxylic acids is 1. The topological polar surface area (TPSA) is 79.3 Å². The van der Waals surface area contributed by atoms with Crippen molar-refractivity contribution in [2.75, 3.05) is 5.32 Å². The molecule has 0 aliphatic heterocycles. The predicted octanol–water partition coefficient (Wildman–Crippen LogP) is 3.09. The highest BCUT2D eigenvalue weighted by atomic mass is 35.5. The van der Waals surface area contributed by atoms with Gasteiger partial charge in [-0.1, -0.05) is 29.8 Å². The number of rotatable bonds is 4. The van der Waals surface area contributed by atoms with Crippen LogP contribution in [0.4, 0.5) is 5.82 Å². The average molecular weight is 303 g/mol. The summed E-state index contributed by atoms with van der Waals surface area (Å²) in [6.07, 6.45) is 4.19. The Morgan fingerprint density at radius 3 is 2.71 bits per heavy atom. The summed E-state index contributed by atoms with van der Waals surface area (Å²) in [5.74, 6) is -1.34. The molecule has 6 heteroatoms. The molecule has 0 unspecified atom stereocenters. The fourth-order valence-electron chi connectivity index (χ4n) is 1.58. The van der Waals surface area contributed by atoms with E-state index in [4.69, 9.17) is 16.7 Å². The molecule has 1 heterocycles. The molecular formula is C15H11ClN2O3. The van der Waals surface area contributed by atoms with E-state index in [1.807, 2.05) is 0 Å². The monoisotopic (exact) mass is 302 g/mol. The van der Waals surface area contributed by atoms with Crippen LogP contribution in [-0.4, -0.2) is 22.0 Å². The lowest BCUT2D eigenvalue weighted by Crippen LogP contribution is -2.10. The zero-order valence-corrected chi connectivity index (χ0v) is 11.5. The van der Waals surface area contributed by atoms with E-state index < -0.39 is 11.9 Å². The van der Waals surface area contributed by atoms with Crippen LogP contribution in [0.5, 0.6) is 0 Å². The van der Waals surface area contributed by atoms with Crippen molar-refractivity contribution >= 4 is 35.4 Å². The van der Waals surface area contributed by atoms with Crippen molar-refractivity contribution < 1.29 is 14.7 Å². The second kappa shape index (κ2) is 6.67. The summed E-state index contributed by atoms with van der Waals surface area (Å²) in [4.78, 5) is 26.4. The standard InChI is InChI=1S/C15H11ClN2O3/c16-12-4-2-1-3-10(12)5-6-14(19)18-13-9-11(15(20)21)7-8-17-13/h1-9H,(H,20,21)(H,17,18,19)/b6-5+. The van der Waals surface area contributed by atoms with Crippen molar-refractivity contribution in [1.82, 2.24) is 4.98 Å². The van der Waals surface area contributed by atoms with E-state index in [9.17, 15) is 9.59 Å². The van der Waals surface area contributed by atoms with E-state index in [1.54, 1.807) is 30.3 Å². The van der Waals surface area contributed by atoms with Gasteiger partial charge < -0.3 is 10.4 Å². The van der Waals surface area contributed by atoms with Gasteiger partial charge in [-0.2, -0.15) is 0 Å². The van der Waals surface area contributed by atoms with Crippen molar-refractivity contribution in [2.24, 2.45) is 0 Å². The van der Waals surface area contributed by atoms with Crippen LogP contribution in [0.2, 0.25) is 5.02 Å². The Balaban J connectivity index is 2.07. The van der Waals surface area contributed by atoms with E-state index in [1.165, 1.54) is 24.4 Å². The van der Waals surface area contributed by atoms with Gasteiger partial charge in [0.25, 0.3) is 0 Å². The molecule has 0 radical (unpaired) electrons. The summed E-state index contributed by atoms with van der Waals surface area (Å²) in [6, 6.07) is 9.72. The predicted molar refractivity (Wildman–Crippen MR) is 80.3 cm³/mol. The molecule has 2 N–H and O–H groups in total. The molecular weight excluding hydrogens is 292 g/mol. The molecule has 0 aliphatic rings. The molecule has 1 amide bonds. The number of halogens is 1. The number of amides is 1. The maximum atomic E-state index is 11.7. The Bertz CT molecular complexity index is 714. The molecule has 1 aromatic heterocycles. The Morgan fingerprint density at radius 2 is 2.00 bits per heavy atom. The van der Waals surface area contributed by atoms with Crippen molar-refractivity contribution in [3.63, 3.8) is 0 Å². The van der Waals surface area contributed by atoms with Gasteiger partial charge in [0.2, 0.25) is 5.91 Å². The molecule has 0 saturated carbocycles. The summed E-state index contributed by atoms with van der Waals surface area (Å²) in [5, 5.41) is 11.9. The molecule has 2 aromatic rings. The fourth-order valence-corrected chi connectivity index (χ4v) is 1.77. The van der Waals surface area contributed by atoms with E-state index in [0.29, 0.717) is 10.6 Å². The SMILES string of the molecule is O=C(/C=C/c1ccccc1Cl)Nc1cc(C(=O)O)ccn1. The first kappa shape index (κ1) is 14.7. The van der Waals surface area contributed by atoms with Gasteiger partial charge in [-0.05, 0) is 29.8 Å². The Hall–Kier alpha value is -2.66. The largest absolute Gasteiger partial charge is 0.478 e. The number of carboxylic acids is 1. The van der Waals surface area contributed by atoms with Crippen LogP contribution >= 0.6 is 11.6 Å². The summed E-state index contributed by atoms with van der Waals surface area (Å²) in [5.41, 5.74) is 0.761. The van der Waals surface area contributed by atoms with Crippen LogP contribution < -0.4 is 5.32 Å². The number of benzene rings is 1. The second-order valence-electron chi connectivity index (χ2n) is 4.08. The highest BCUT2D eigenvalue weighted by Crippen LogP contribution is 2.16. The summed E-state index contributed by atoms with van der Waals surface area (Å²) < 4.78 is 0. The molecule has 5 nitrogen and oxygen atoms in total. The smallest absolute Gasteiger partial charge is 0.335 e. The van der Waals surface area contributed by atoms with Crippen LogP contribution in [0, 0.1) is 0 Å². The first-order valence-electron chi connectivity index (χ1n) is 5.99. The third kappa shape index (κ3) is 4.15. The lowest BCUT2D eigenvalue weighted by molar-refractivity contribution is -0.111. The lowest BCUT2D eigenvalue weighted by Gasteiger charge is -2.02. The fraction of sp³-hybridized carbons (Fsp3) is 0. The lowest BCUT2D eigenvalue weighted by atomic mass is 10.2. The highest BCUT2D eigenvalue weighted by Gasteiger charge is 2.05. The van der Waals surface area contributed by atoms with Gasteiger partial charge in [0.1, 0.15) is 5.82 Å². The minimum absolute atomic E-state index is 0.0513. The first-order valence-corrected chi connectivity index (χ1v) is 6.37. The number of carbonyl (C=O) groups is 2. The zero-order valence-electron chi connectivity index (χ0n) is 10.8. The number of carboxylic acid groups (broad SMARTS) is 1. The summed E-state index contributed by atoms with van der Waals surface area (Å²) in [7, 11) is 0. The summed E-state index contributed by atoms with van der Waals surface area (Å²) in [6.45, 7) is 0. The average Bonchev–Trinajstić information content (AvgIpc) is 2.46. The number of aromatic nitrogens is 1. The molecule has 0 aliphatic carbocycles. The van der Waals surface area contributed by atoms with Crippen molar-refractivity contribution in [3.05, 3.63) is 64.8 Å². The van der Waals surface area contributed by atoms with Crippen LogP contribution in [0.15, 0.2) is 48.7 Å². The Morgan fingerprint density at radius 1 is 1.24 bits per heavy atom. The number of pyridine rings is 1. The Labute approximate surface area is 125 Å². The molecule has 2 rings (SSSR count). The summed E-state index contributed by atoms with van der Waals surface area (Å²) >= 11 is 5.96. The van der Waals surface area contributed by atoms with Crippen molar-refractivity contribution in [1.29, 1.82) is 0 Å². The van der Waals surface area contributed by atoms with Crippen molar-refractivity contribution in [2.45, 2.75) is 0 Å². The van der Waals surface area contributed by atoms with Gasteiger partial charge in [0.15, 0.2) is 0 Å². The molecule has 0 saturated heterocycles. The minimum Gasteiger partial charge on any atom is -0.478 e. The quantitative estimate of drug-likeness (QED) is 0.851. The number of anilines is 1. The van der Waals surface area contributed by atoms with Gasteiger partial charge in [-0.15, -0.1) is 0 Å². The molecule has 0 spiro atoms. The van der Waals surface area contributed by atoms with Gasteiger partial charge >= 0.3 is 5.97 Å². The van der Waals surface area contributed by atoms with Gasteiger partial charge in [0.05, 0.1) is 5.56 Å². The minimum atomic E-state index is -1.08. The van der Waals surface area contributed by atoms with Gasteiger partial charge in [0, 0.05) is 17.3 Å². The van der Waals surface area contributed by atoms with Crippen LogP contribution in [0.25, 0.3) is 6.08 Å². The van der Waals surface area contributed by atoms with E-state index in [0.717, 1.165) is 0 Å². The van der Waals surface area contributed by atoms with Crippen LogP contribution in [-0.2, 0) is 4.79 Å². The molecule has 0 atom stereocenters. The first-order chi connectivity index (χ1) is 10.1. The zero-order chi connectivity index (χ0) is 15.2. The van der Waals surface area contributed by atoms with E-state index in [-0.39, 0.29) is 11.4 Å². The second-order valence-corrected chi connectivity index (χ2v) is 4.49. The Kier molecular flexibility index (Phi) is 4.68. The van der Waals surface area contributed by atoms with E-state index >= 15 is 0 Å². The number of nitrogens with one attached hydrogen (secondary N) is 1. The maximum Gasteiger partial charge on any atom is 0.335 e. The van der Waals surface area contributed by atoms with Crippen LogP contribution in [0.3, 0.4) is 0 Å². The number of hydrogen-bond donors (Lipinski definition) is 2. The number of carbonyl (C=O) groups excluding carboxylic acids is 1. The number of hydrogen-bond acceptors (Lipinski definition) is 3. The molecule has 106 valence electrons. The normalized spacial score (nSPS) is 10.5. The van der Waals surface area contributed by atoms with E-state index in [2.05, 4.69) is 10.3 Å². The highest BCUT2D eigenvalue weighted by molar-refractivity contribution is 6.32. The third-order valence-electron chi connectivity index (χ3n) is 2.58. The molecule has 1 aromatic carbocycles. The molecule has 21 heavy (non-hydrogen) atoms.